The molecule has 51 heteroatoms. The number of aromatic nitrogens is 14. The topological polar surface area (TPSA) is 666 Å². The summed E-state index contributed by atoms with van der Waals surface area (Å²) in [5.41, 5.74) is 18.4. The van der Waals surface area contributed by atoms with Gasteiger partial charge >= 0.3 is 48.4 Å². The average molecular weight is 1480 g/mol. The molecule has 5 aliphatic rings. The van der Waals surface area contributed by atoms with Crippen molar-refractivity contribution in [3.8, 4) is 0 Å². The molecule has 0 bridgehead atoms. The molecule has 12 heterocycles. The van der Waals surface area contributed by atoms with Gasteiger partial charge in [-0.3, -0.25) is 78.6 Å². The molecule has 17 N–H and O–H groups in total. The van der Waals surface area contributed by atoms with E-state index >= 15 is 0 Å². The number of aromatic amines is 2. The highest BCUT2D eigenvalue weighted by molar-refractivity contribution is 7.48. The monoisotopic (exact) mass is 1480 g/mol. The second-order valence-electron chi connectivity index (χ2n) is 22.7. The van der Waals surface area contributed by atoms with E-state index in [2.05, 4.69) is 44.9 Å². The van der Waals surface area contributed by atoms with Crippen LogP contribution in [0.5, 0.6) is 0 Å². The average Bonchev–Trinajstić information content (AvgIpc) is 1.65. The first-order valence-electron chi connectivity index (χ1n) is 29.3. The number of fused-ring (bicyclic) bond motifs is 2. The van der Waals surface area contributed by atoms with Crippen molar-refractivity contribution in [3.63, 3.8) is 0 Å². The Labute approximate surface area is 550 Å². The van der Waals surface area contributed by atoms with E-state index < -0.39 is 204 Å². The van der Waals surface area contributed by atoms with Gasteiger partial charge in [0.1, 0.15) is 116 Å². The number of phosphoric acid groups is 4. The fraction of sp³-hybridized carbons (Fsp3) is 0.542. The minimum absolute atomic E-state index is 0.0129. The van der Waals surface area contributed by atoms with Gasteiger partial charge in [0.25, 0.3) is 11.1 Å². The fourth-order valence-electron chi connectivity index (χ4n) is 11.4. The van der Waals surface area contributed by atoms with Crippen LogP contribution in [0.2, 0.25) is 0 Å². The predicted molar refractivity (Wildman–Crippen MR) is 324 cm³/mol. The molecule has 47 nitrogen and oxygen atoms in total. The van der Waals surface area contributed by atoms with Crippen molar-refractivity contribution in [1.82, 2.24) is 67.7 Å². The standard InChI is InChI=1S/C48H62N18O29P4/c1-19-10-64(48(74)61-42(19)70)32-7-21(93-97(77,78)85-13-26-22(8-33(89-26)65-17-55-35-39(51)53-16-54-40(35)65)95-99(81,82)86-15-28-37(68)38(69)44(91-28)63-5-3-30(50)58-47(63)73)25(88-32)12-84-98(79,80)94-23-9-34(66-18-56-36-41(66)59-45(52)60-43(36)71)90-27(23)14-83-96(75,76)92-20-6-31(87-24(20)11-67)62-4-2-29(49)57-46(62)72/h2-5,10,16-18,20-28,31-34,37-38,44,67-69H,6-9,11-15H2,1H3,(H,75,76)(H,77,78)(H,79,80)(H,81,82)(H2,49,57,72)(H2,50,58,73)(H2,51,53,54)(H,61,70,74)(H3,52,59,60,71)/t20-,21-,22-,23-,24+,25+,26+,27+,28+,31+,32+,33+,34+,37+,38+,44+/m0/s1. The van der Waals surface area contributed by atoms with E-state index in [4.69, 9.17) is 82.8 Å². The molecule has 99 heavy (non-hydrogen) atoms. The minimum atomic E-state index is -5.54. The van der Waals surface area contributed by atoms with Gasteiger partial charge in [-0.05, 0) is 19.1 Å². The van der Waals surface area contributed by atoms with Gasteiger partial charge in [0.2, 0.25) is 5.95 Å². The summed E-state index contributed by atoms with van der Waals surface area (Å²) >= 11 is 0. The number of H-pyrrole nitrogens is 2. The van der Waals surface area contributed by atoms with Crippen LogP contribution in [0, 0.1) is 6.92 Å². The van der Waals surface area contributed by atoms with Gasteiger partial charge in [-0.25, -0.2) is 52.6 Å². The van der Waals surface area contributed by atoms with Crippen molar-refractivity contribution < 1.29 is 113 Å². The summed E-state index contributed by atoms with van der Waals surface area (Å²) in [4.78, 5) is 141. The predicted octanol–water partition coefficient (Wildman–Crippen LogP) is -3.57. The van der Waals surface area contributed by atoms with Crippen molar-refractivity contribution in [2.24, 2.45) is 0 Å². The number of anilines is 4. The van der Waals surface area contributed by atoms with Crippen LogP contribution < -0.4 is 51.1 Å². The van der Waals surface area contributed by atoms with Crippen LogP contribution in [0.15, 0.2) is 73.7 Å². The highest BCUT2D eigenvalue weighted by Crippen LogP contribution is 2.55. The van der Waals surface area contributed by atoms with Gasteiger partial charge in [-0.15, -0.1) is 0 Å². The molecule has 0 radical (unpaired) electrons. The maximum atomic E-state index is 14.2. The number of phosphoric ester groups is 4. The van der Waals surface area contributed by atoms with E-state index in [1.165, 1.54) is 40.7 Å². The van der Waals surface area contributed by atoms with E-state index in [0.717, 1.165) is 38.7 Å². The lowest BCUT2D eigenvalue weighted by molar-refractivity contribution is -0.0650. The van der Waals surface area contributed by atoms with Crippen LogP contribution in [0.1, 0.15) is 62.4 Å². The molecule has 7 aromatic rings. The van der Waals surface area contributed by atoms with Crippen molar-refractivity contribution in [1.29, 1.82) is 0 Å². The normalized spacial score (nSPS) is 30.4. The number of aliphatic hydroxyl groups excluding tert-OH is 3. The van der Waals surface area contributed by atoms with Crippen LogP contribution in [0.25, 0.3) is 22.3 Å². The Kier molecular flexibility index (Phi) is 20.4. The lowest BCUT2D eigenvalue weighted by Crippen LogP contribution is -2.36. The van der Waals surface area contributed by atoms with Crippen LogP contribution >= 0.6 is 31.3 Å². The van der Waals surface area contributed by atoms with Gasteiger partial charge in [-0.1, -0.05) is 0 Å². The summed E-state index contributed by atoms with van der Waals surface area (Å²) in [6.07, 6.45) is -19.5. The molecular formula is C48H62N18O29P4. The number of ether oxygens (including phenoxy) is 5. The molecule has 0 saturated carbocycles. The summed E-state index contributed by atoms with van der Waals surface area (Å²) < 4.78 is 134. The zero-order valence-corrected chi connectivity index (χ0v) is 54.4. The van der Waals surface area contributed by atoms with Crippen LogP contribution in [0.4, 0.5) is 23.4 Å². The molecule has 12 rings (SSSR count). The molecule has 5 aliphatic heterocycles. The van der Waals surface area contributed by atoms with Crippen molar-refractivity contribution in [3.05, 3.63) is 107 Å². The third-order valence-corrected chi connectivity index (χ3v) is 20.2. The molecule has 538 valence electrons. The van der Waals surface area contributed by atoms with E-state index in [0.29, 0.717) is 0 Å². The van der Waals surface area contributed by atoms with E-state index in [1.807, 2.05) is 0 Å². The summed E-state index contributed by atoms with van der Waals surface area (Å²) in [7, 11) is -21.7. The number of imidazole rings is 2. The van der Waals surface area contributed by atoms with E-state index in [1.54, 1.807) is 0 Å². The van der Waals surface area contributed by atoms with Crippen LogP contribution in [-0.2, 0) is 78.1 Å². The Morgan fingerprint density at radius 1 is 0.525 bits per heavy atom. The highest BCUT2D eigenvalue weighted by Gasteiger charge is 2.51. The second-order valence-corrected chi connectivity index (χ2v) is 28.4. The van der Waals surface area contributed by atoms with Crippen molar-refractivity contribution >= 4 is 77.0 Å². The van der Waals surface area contributed by atoms with Gasteiger partial charge in [0.15, 0.2) is 28.9 Å². The highest BCUT2D eigenvalue weighted by atomic mass is 31.2. The summed E-state index contributed by atoms with van der Waals surface area (Å²) in [5.74, 6) is -0.663. The van der Waals surface area contributed by atoms with Crippen molar-refractivity contribution in [2.45, 2.75) is 131 Å². The van der Waals surface area contributed by atoms with E-state index in [9.17, 15) is 77.1 Å². The molecule has 20 atom stereocenters. The molecule has 0 aromatic carbocycles. The van der Waals surface area contributed by atoms with Gasteiger partial charge in [0.05, 0.1) is 45.7 Å². The van der Waals surface area contributed by atoms with Crippen LogP contribution in [0.3, 0.4) is 0 Å². The quantitative estimate of drug-likeness (QED) is 0.0233. The lowest BCUT2D eigenvalue weighted by atomic mass is 10.1. The molecule has 5 fully saturated rings. The van der Waals surface area contributed by atoms with Crippen LogP contribution in [-0.4, -0.2) is 203 Å². The maximum Gasteiger partial charge on any atom is 0.472 e. The molecule has 7 aromatic heterocycles. The first-order valence-corrected chi connectivity index (χ1v) is 35.3. The fourth-order valence-corrected chi connectivity index (χ4v) is 15.3. The Bertz CT molecular complexity index is 4690. The Hall–Kier alpha value is -7.34. The number of aliphatic hydroxyl groups is 3. The zero-order valence-electron chi connectivity index (χ0n) is 50.8. The number of aryl methyl sites for hydroxylation is 1. The Morgan fingerprint density at radius 3 is 1.47 bits per heavy atom. The van der Waals surface area contributed by atoms with Gasteiger partial charge in [-0.2, -0.15) is 15.0 Å². The molecule has 0 aliphatic carbocycles. The number of nitrogen functional groups attached to an aromatic ring is 4. The number of nitrogens with one attached hydrogen (secondary N) is 2. The number of nitrogens with two attached hydrogens (primary N) is 4. The molecule has 0 amide bonds. The zero-order chi connectivity index (χ0) is 70.8. The second kappa shape index (κ2) is 28.2. The molecule has 0 spiro atoms. The number of rotatable bonds is 26. The first kappa shape index (κ1) is 71.5. The summed E-state index contributed by atoms with van der Waals surface area (Å²) in [6.45, 7) is -3.48. The Balaban J connectivity index is 0.746. The number of hydrogen-bond acceptors (Lipinski definition) is 36. The molecule has 4 unspecified atom stereocenters. The Morgan fingerprint density at radius 2 is 0.970 bits per heavy atom. The molecule has 5 saturated heterocycles. The van der Waals surface area contributed by atoms with Crippen molar-refractivity contribution in [2.75, 3.05) is 56.0 Å². The summed E-state index contributed by atoms with van der Waals surface area (Å²) in [6, 6.07) is 2.50. The van der Waals surface area contributed by atoms with Gasteiger partial charge in [0, 0.05) is 49.8 Å². The van der Waals surface area contributed by atoms with E-state index in [-0.39, 0.29) is 64.1 Å². The lowest BCUT2D eigenvalue weighted by Gasteiger charge is -2.25. The first-order chi connectivity index (χ1) is 46.8. The van der Waals surface area contributed by atoms with Gasteiger partial charge < -0.3 is 81.5 Å². The smallest absolute Gasteiger partial charge is 0.394 e. The number of nitrogens with zero attached hydrogens (tertiary/aromatic N) is 12. The number of hydrogen-bond donors (Lipinski definition) is 13. The largest absolute Gasteiger partial charge is 0.472 e. The minimum Gasteiger partial charge on any atom is -0.394 e. The third-order valence-electron chi connectivity index (χ3n) is 16.1. The third kappa shape index (κ3) is 15.8. The molecular weight excluding hydrogens is 1420 g/mol. The maximum absolute atomic E-state index is 14.2. The summed E-state index contributed by atoms with van der Waals surface area (Å²) in [5, 5.41) is 31.7. The SMILES string of the molecule is Cc1cn([C@H]2C[C@H](OP(=O)(O)OC[C@H]3O[C@@H](n4cnc5c(N)ncnc54)C[C@@H]3OP(=O)(O)OC[C@H]3O[C@@H](n4ccc(N)nc4=O)[C@H](O)[C@@H]3O)[C@@H](COP(=O)(O)O[C@H]3C[C@H](n4cnc5c(=O)[nH]c(N)nc54)O[C@@H]3COP(=O)(O)O[C@H]3C[C@H](n4ccc(N)nc4=O)O[C@@H]3CO)O2)c(=O)[nH]c1=O.